The Morgan fingerprint density at radius 3 is 2.33 bits per heavy atom. The number of nitrogens with zero attached hydrogens (tertiary/aromatic N) is 1. The molecule has 1 aliphatic heterocycles. The number of β-amino-alcohol motifs (C(OH)–C–C–N with tert-alkyl or cyclic N) is 1. The standard InChI is InChI=1S/C18H31NO2/c1-2-16-11-19(3-4-21-16)12-17(20)18-8-13-5-14(9-18)7-15(6-13)10-18/h13-17,20H,2-12H2,1H3. The molecule has 4 saturated carbocycles. The summed E-state index contributed by atoms with van der Waals surface area (Å²) in [7, 11) is 0. The molecule has 3 nitrogen and oxygen atoms in total. The van der Waals surface area contributed by atoms with E-state index >= 15 is 0 Å². The zero-order chi connectivity index (χ0) is 14.4. The summed E-state index contributed by atoms with van der Waals surface area (Å²) < 4.78 is 5.76. The van der Waals surface area contributed by atoms with Gasteiger partial charge in [0.2, 0.25) is 0 Å². The van der Waals surface area contributed by atoms with Crippen LogP contribution in [0.4, 0.5) is 0 Å². The monoisotopic (exact) mass is 293 g/mol. The second kappa shape index (κ2) is 5.50. The number of hydrogen-bond acceptors (Lipinski definition) is 3. The number of ether oxygens (including phenoxy) is 1. The van der Waals surface area contributed by atoms with Crippen molar-refractivity contribution in [2.45, 2.75) is 64.1 Å². The molecule has 0 aromatic carbocycles. The first-order valence-corrected chi connectivity index (χ1v) is 9.19. The summed E-state index contributed by atoms with van der Waals surface area (Å²) in [5, 5.41) is 11.0. The third kappa shape index (κ3) is 2.66. The second-order valence-corrected chi connectivity index (χ2v) is 8.46. The lowest BCUT2D eigenvalue weighted by Gasteiger charge is -2.59. The molecule has 0 spiro atoms. The van der Waals surface area contributed by atoms with Crippen molar-refractivity contribution in [3.05, 3.63) is 0 Å². The van der Waals surface area contributed by atoms with E-state index in [9.17, 15) is 5.11 Å². The lowest BCUT2D eigenvalue weighted by Crippen LogP contribution is -2.56. The van der Waals surface area contributed by atoms with Crippen LogP contribution in [0, 0.1) is 23.2 Å². The SMILES string of the molecule is CCC1CN(CC(O)C23CC4CC(CC(C4)C2)C3)CCO1. The maximum Gasteiger partial charge on any atom is 0.0723 e. The third-order valence-electron chi connectivity index (χ3n) is 6.90. The summed E-state index contributed by atoms with van der Waals surface area (Å²) >= 11 is 0. The molecular weight excluding hydrogens is 262 g/mol. The van der Waals surface area contributed by atoms with Crippen molar-refractivity contribution in [2.24, 2.45) is 23.2 Å². The molecule has 5 rings (SSSR count). The Kier molecular flexibility index (Phi) is 3.79. The predicted octanol–water partition coefficient (Wildman–Crippen LogP) is 2.67. The van der Waals surface area contributed by atoms with E-state index in [1.165, 1.54) is 38.5 Å². The van der Waals surface area contributed by atoms with Gasteiger partial charge in [-0.3, -0.25) is 4.90 Å². The molecule has 3 heteroatoms. The average molecular weight is 293 g/mol. The highest BCUT2D eigenvalue weighted by atomic mass is 16.5. The van der Waals surface area contributed by atoms with Gasteiger partial charge in [-0.1, -0.05) is 6.92 Å². The molecule has 120 valence electrons. The molecule has 21 heavy (non-hydrogen) atoms. The highest BCUT2D eigenvalue weighted by Gasteiger charge is 2.54. The number of rotatable bonds is 4. The number of aliphatic hydroxyl groups is 1. The molecule has 0 aromatic heterocycles. The van der Waals surface area contributed by atoms with Crippen molar-refractivity contribution in [2.75, 3.05) is 26.2 Å². The molecule has 2 atom stereocenters. The van der Waals surface area contributed by atoms with Crippen LogP contribution < -0.4 is 0 Å². The molecular formula is C18H31NO2. The van der Waals surface area contributed by atoms with Crippen molar-refractivity contribution < 1.29 is 9.84 Å². The Labute approximate surface area is 129 Å². The van der Waals surface area contributed by atoms with Crippen LogP contribution in [0.3, 0.4) is 0 Å². The summed E-state index contributed by atoms with van der Waals surface area (Å²) in [6.45, 7) is 5.93. The quantitative estimate of drug-likeness (QED) is 0.865. The van der Waals surface area contributed by atoms with Gasteiger partial charge in [-0.2, -0.15) is 0 Å². The molecule has 0 radical (unpaired) electrons. The summed E-state index contributed by atoms with van der Waals surface area (Å²) in [4.78, 5) is 2.46. The van der Waals surface area contributed by atoms with Crippen LogP contribution in [0.25, 0.3) is 0 Å². The van der Waals surface area contributed by atoms with E-state index in [2.05, 4.69) is 11.8 Å². The van der Waals surface area contributed by atoms with E-state index in [-0.39, 0.29) is 11.5 Å². The summed E-state index contributed by atoms with van der Waals surface area (Å²) in [5.41, 5.74) is 0.273. The molecule has 4 bridgehead atoms. The van der Waals surface area contributed by atoms with Crippen LogP contribution in [-0.4, -0.2) is 48.5 Å². The van der Waals surface area contributed by atoms with Gasteiger partial charge in [-0.25, -0.2) is 0 Å². The lowest BCUT2D eigenvalue weighted by atomic mass is 9.48. The minimum atomic E-state index is -0.110. The zero-order valence-corrected chi connectivity index (χ0v) is 13.5. The first kappa shape index (κ1) is 14.5. The van der Waals surface area contributed by atoms with E-state index in [1.807, 2.05) is 0 Å². The van der Waals surface area contributed by atoms with Crippen molar-refractivity contribution in [1.29, 1.82) is 0 Å². The first-order valence-electron chi connectivity index (χ1n) is 9.19. The number of hydrogen-bond donors (Lipinski definition) is 1. The second-order valence-electron chi connectivity index (χ2n) is 8.46. The fourth-order valence-corrected chi connectivity index (χ4v) is 6.22. The van der Waals surface area contributed by atoms with Crippen molar-refractivity contribution >= 4 is 0 Å². The molecule has 4 aliphatic carbocycles. The zero-order valence-electron chi connectivity index (χ0n) is 13.5. The highest BCUT2D eigenvalue weighted by molar-refractivity contribution is 5.04. The van der Waals surface area contributed by atoms with Crippen LogP contribution in [0.15, 0.2) is 0 Å². The van der Waals surface area contributed by atoms with E-state index in [1.54, 1.807) is 0 Å². The molecule has 2 unspecified atom stereocenters. The molecule has 5 fully saturated rings. The van der Waals surface area contributed by atoms with Gasteiger partial charge in [-0.05, 0) is 68.1 Å². The van der Waals surface area contributed by atoms with E-state index in [4.69, 9.17) is 4.74 Å². The van der Waals surface area contributed by atoms with Gasteiger partial charge >= 0.3 is 0 Å². The van der Waals surface area contributed by atoms with Crippen LogP contribution in [-0.2, 0) is 4.74 Å². The molecule has 0 amide bonds. The van der Waals surface area contributed by atoms with Gasteiger partial charge in [0, 0.05) is 19.6 Å². The fourth-order valence-electron chi connectivity index (χ4n) is 6.22. The largest absolute Gasteiger partial charge is 0.391 e. The normalized spacial score (nSPS) is 47.7. The molecule has 1 N–H and O–H groups in total. The molecule has 0 aromatic rings. The summed E-state index contributed by atoms with van der Waals surface area (Å²) in [6, 6.07) is 0. The molecule has 5 aliphatic rings. The highest BCUT2D eigenvalue weighted by Crippen LogP contribution is 2.61. The Bertz CT molecular complexity index is 348. The molecule has 1 heterocycles. The van der Waals surface area contributed by atoms with Gasteiger partial charge < -0.3 is 9.84 Å². The Hall–Kier alpha value is -0.120. The summed E-state index contributed by atoms with van der Waals surface area (Å²) in [6.07, 6.45) is 9.66. The van der Waals surface area contributed by atoms with Gasteiger partial charge in [0.25, 0.3) is 0 Å². The maximum atomic E-state index is 11.0. The van der Waals surface area contributed by atoms with Gasteiger partial charge in [-0.15, -0.1) is 0 Å². The number of aliphatic hydroxyl groups excluding tert-OH is 1. The average Bonchev–Trinajstić information content (AvgIpc) is 2.46. The van der Waals surface area contributed by atoms with Crippen LogP contribution in [0.2, 0.25) is 0 Å². The van der Waals surface area contributed by atoms with Gasteiger partial charge in [0.1, 0.15) is 0 Å². The van der Waals surface area contributed by atoms with Crippen molar-refractivity contribution in [3.8, 4) is 0 Å². The van der Waals surface area contributed by atoms with E-state index < -0.39 is 0 Å². The minimum Gasteiger partial charge on any atom is -0.391 e. The summed E-state index contributed by atoms with van der Waals surface area (Å²) in [5.74, 6) is 2.79. The van der Waals surface area contributed by atoms with Crippen LogP contribution >= 0.6 is 0 Å². The van der Waals surface area contributed by atoms with Crippen LogP contribution in [0.5, 0.6) is 0 Å². The smallest absolute Gasteiger partial charge is 0.0723 e. The van der Waals surface area contributed by atoms with Crippen molar-refractivity contribution in [3.63, 3.8) is 0 Å². The van der Waals surface area contributed by atoms with Crippen molar-refractivity contribution in [1.82, 2.24) is 4.90 Å². The maximum absolute atomic E-state index is 11.0. The molecule has 1 saturated heterocycles. The lowest BCUT2D eigenvalue weighted by molar-refractivity contribution is -0.134. The third-order valence-corrected chi connectivity index (χ3v) is 6.90. The Morgan fingerprint density at radius 2 is 1.76 bits per heavy atom. The topological polar surface area (TPSA) is 32.7 Å². The van der Waals surface area contributed by atoms with E-state index in [0.717, 1.165) is 50.4 Å². The predicted molar refractivity (Wildman–Crippen MR) is 83.1 cm³/mol. The van der Waals surface area contributed by atoms with Gasteiger partial charge in [0.15, 0.2) is 0 Å². The minimum absolute atomic E-state index is 0.110. The first-order chi connectivity index (χ1) is 10.2. The van der Waals surface area contributed by atoms with Gasteiger partial charge in [0.05, 0.1) is 18.8 Å². The van der Waals surface area contributed by atoms with Crippen LogP contribution in [0.1, 0.15) is 51.9 Å². The number of morpholine rings is 1. The Balaban J connectivity index is 1.41. The fraction of sp³-hybridized carbons (Fsp3) is 1.00. The Morgan fingerprint density at radius 1 is 1.14 bits per heavy atom. The van der Waals surface area contributed by atoms with E-state index in [0.29, 0.717) is 6.10 Å².